The highest BCUT2D eigenvalue weighted by atomic mass is 14.7. The lowest BCUT2D eigenvalue weighted by Gasteiger charge is -2.08. The van der Waals surface area contributed by atoms with Crippen LogP contribution in [-0.2, 0) is 0 Å². The van der Waals surface area contributed by atoms with E-state index in [1.807, 2.05) is 36.6 Å². The number of aromatic nitrogens is 1. The van der Waals surface area contributed by atoms with Gasteiger partial charge in [0.25, 0.3) is 0 Å². The molecule has 0 N–H and O–H groups in total. The first kappa shape index (κ1) is 9.91. The van der Waals surface area contributed by atoms with Gasteiger partial charge in [0, 0.05) is 11.8 Å². The van der Waals surface area contributed by atoms with Gasteiger partial charge in [-0.05, 0) is 23.6 Å². The van der Waals surface area contributed by atoms with Crippen LogP contribution in [0.1, 0.15) is 36.6 Å². The fraction of sp³-hybridized carbons (Fsp3) is 0.214. The molecular weight excluding hydrogens is 182 g/mol. The van der Waals surface area contributed by atoms with Gasteiger partial charge in [-0.3, -0.25) is 4.98 Å². The minimum absolute atomic E-state index is 0.529. The Morgan fingerprint density at radius 1 is 1.00 bits per heavy atom. The van der Waals surface area contributed by atoms with Gasteiger partial charge in [-0.25, -0.2) is 0 Å². The van der Waals surface area contributed by atoms with E-state index in [1.165, 1.54) is 11.1 Å². The average molecular weight is 197 g/mol. The Hall–Kier alpha value is -1.63. The van der Waals surface area contributed by atoms with E-state index in [4.69, 9.17) is 0 Å². The van der Waals surface area contributed by atoms with E-state index in [-0.39, 0.29) is 0 Å². The van der Waals surface area contributed by atoms with Crippen LogP contribution < -0.4 is 0 Å². The molecule has 0 aliphatic heterocycles. The molecule has 1 aliphatic carbocycles. The van der Waals surface area contributed by atoms with E-state index in [0.717, 1.165) is 5.69 Å². The highest BCUT2D eigenvalue weighted by Gasteiger charge is 2.04. The summed E-state index contributed by atoms with van der Waals surface area (Å²) in [6.07, 6.45) is 14.2. The summed E-state index contributed by atoms with van der Waals surface area (Å²) in [4.78, 5) is 4.47. The maximum atomic E-state index is 4.47. The van der Waals surface area contributed by atoms with E-state index in [2.05, 4.69) is 31.0 Å². The van der Waals surface area contributed by atoms with E-state index < -0.39 is 0 Å². The van der Waals surface area contributed by atoms with Crippen molar-refractivity contribution in [2.45, 2.75) is 19.8 Å². The normalized spacial score (nSPS) is 20.2. The molecule has 1 heteroatoms. The predicted octanol–water partition coefficient (Wildman–Crippen LogP) is 3.80. The van der Waals surface area contributed by atoms with Crippen molar-refractivity contribution in [3.63, 3.8) is 0 Å². The standard InChI is InChI=1S/C14H15N/c1-11(2)13-9-12-7-5-3-4-6-8-14(12)15-10-13/h3-11H,1-2H3/b4-3-,5-3?,6-4?,7-5-,8-6-,12-7?,14-8?. The fourth-order valence-corrected chi connectivity index (χ4v) is 1.53. The number of allylic oxidation sites excluding steroid dienone is 4. The van der Waals surface area contributed by atoms with Crippen molar-refractivity contribution in [3.05, 3.63) is 53.4 Å². The van der Waals surface area contributed by atoms with Crippen molar-refractivity contribution in [2.75, 3.05) is 0 Å². The molecule has 0 spiro atoms. The Bertz CT molecular complexity index is 437. The van der Waals surface area contributed by atoms with Crippen molar-refractivity contribution in [1.82, 2.24) is 4.98 Å². The summed E-state index contributed by atoms with van der Waals surface area (Å²) in [5, 5.41) is 0. The predicted molar refractivity (Wildman–Crippen MR) is 65.5 cm³/mol. The molecule has 0 saturated heterocycles. The van der Waals surface area contributed by atoms with Crippen molar-refractivity contribution in [1.29, 1.82) is 0 Å². The van der Waals surface area contributed by atoms with Crippen molar-refractivity contribution < 1.29 is 0 Å². The molecule has 76 valence electrons. The van der Waals surface area contributed by atoms with Gasteiger partial charge >= 0.3 is 0 Å². The summed E-state index contributed by atoms with van der Waals surface area (Å²) < 4.78 is 0. The molecule has 0 atom stereocenters. The Kier molecular flexibility index (Phi) is 2.82. The average Bonchev–Trinajstić information content (AvgIpc) is 2.18. The van der Waals surface area contributed by atoms with Gasteiger partial charge in [-0.2, -0.15) is 0 Å². The molecule has 1 aromatic heterocycles. The second-order valence-electron chi connectivity index (χ2n) is 4.00. The molecule has 0 fully saturated rings. The quantitative estimate of drug-likeness (QED) is 0.667. The Morgan fingerprint density at radius 3 is 2.47 bits per heavy atom. The van der Waals surface area contributed by atoms with Crippen LogP contribution in [0, 0.1) is 0 Å². The summed E-state index contributed by atoms with van der Waals surface area (Å²) in [6.45, 7) is 4.37. The van der Waals surface area contributed by atoms with Crippen molar-refractivity contribution >= 4 is 12.2 Å². The van der Waals surface area contributed by atoms with E-state index in [9.17, 15) is 0 Å². The van der Waals surface area contributed by atoms with Gasteiger partial charge in [0.1, 0.15) is 0 Å². The summed E-state index contributed by atoms with van der Waals surface area (Å²) in [7, 11) is 0. The second-order valence-corrected chi connectivity index (χ2v) is 4.00. The van der Waals surface area contributed by atoms with E-state index in [1.54, 1.807) is 0 Å². The van der Waals surface area contributed by atoms with Gasteiger partial charge in [0.2, 0.25) is 0 Å². The monoisotopic (exact) mass is 197 g/mol. The number of hydrogen-bond donors (Lipinski definition) is 0. The minimum Gasteiger partial charge on any atom is -0.256 e. The highest BCUT2D eigenvalue weighted by Crippen LogP contribution is 2.19. The zero-order valence-electron chi connectivity index (χ0n) is 9.14. The lowest BCUT2D eigenvalue weighted by atomic mass is 10.0. The first-order valence-electron chi connectivity index (χ1n) is 5.29. The Labute approximate surface area is 90.9 Å². The number of rotatable bonds is 1. The fourth-order valence-electron chi connectivity index (χ4n) is 1.53. The zero-order chi connectivity index (χ0) is 10.7. The molecule has 15 heavy (non-hydrogen) atoms. The van der Waals surface area contributed by atoms with Gasteiger partial charge in [-0.1, -0.05) is 44.2 Å². The maximum Gasteiger partial charge on any atom is 0.0702 e. The topological polar surface area (TPSA) is 12.9 Å². The molecule has 0 unspecified atom stereocenters. The summed E-state index contributed by atoms with van der Waals surface area (Å²) in [6, 6.07) is 2.22. The van der Waals surface area contributed by atoms with Crippen LogP contribution in [0.15, 0.2) is 36.6 Å². The van der Waals surface area contributed by atoms with Crippen molar-refractivity contribution in [2.24, 2.45) is 0 Å². The minimum atomic E-state index is 0.529. The van der Waals surface area contributed by atoms with Crippen LogP contribution in [-0.4, -0.2) is 4.98 Å². The largest absolute Gasteiger partial charge is 0.256 e. The number of fused-ring (bicyclic) bond motifs is 1. The Balaban J connectivity index is 2.48. The third-order valence-corrected chi connectivity index (χ3v) is 2.50. The maximum absolute atomic E-state index is 4.47. The van der Waals surface area contributed by atoms with Gasteiger partial charge in [0.05, 0.1) is 5.69 Å². The lowest BCUT2D eigenvalue weighted by molar-refractivity contribution is 0.857. The van der Waals surface area contributed by atoms with E-state index in [0.29, 0.717) is 5.92 Å². The van der Waals surface area contributed by atoms with Gasteiger partial charge < -0.3 is 0 Å². The van der Waals surface area contributed by atoms with E-state index >= 15 is 0 Å². The van der Waals surface area contributed by atoms with Gasteiger partial charge in [-0.15, -0.1) is 0 Å². The molecule has 0 bridgehead atoms. The third-order valence-electron chi connectivity index (χ3n) is 2.50. The van der Waals surface area contributed by atoms with Crippen LogP contribution in [0.25, 0.3) is 12.2 Å². The molecule has 0 radical (unpaired) electrons. The smallest absolute Gasteiger partial charge is 0.0702 e. The zero-order valence-corrected chi connectivity index (χ0v) is 9.14. The molecule has 2 rings (SSSR count). The number of nitrogens with zero attached hydrogens (tertiary/aromatic N) is 1. The SMILES string of the molecule is CC(C)c1cnc2c(c1)\C=C/C=C\C=C/2. The molecule has 0 aromatic carbocycles. The molecule has 1 nitrogen and oxygen atoms in total. The molecule has 1 heterocycles. The van der Waals surface area contributed by atoms with Crippen LogP contribution in [0.2, 0.25) is 0 Å². The first-order valence-corrected chi connectivity index (χ1v) is 5.29. The van der Waals surface area contributed by atoms with Crippen LogP contribution in [0.4, 0.5) is 0 Å². The van der Waals surface area contributed by atoms with Crippen LogP contribution >= 0.6 is 0 Å². The molecular formula is C14H15N. The van der Waals surface area contributed by atoms with Gasteiger partial charge in [0.15, 0.2) is 0 Å². The number of hydrogen-bond acceptors (Lipinski definition) is 1. The van der Waals surface area contributed by atoms with Crippen LogP contribution in [0.3, 0.4) is 0 Å². The Morgan fingerprint density at radius 2 is 1.73 bits per heavy atom. The van der Waals surface area contributed by atoms with Crippen LogP contribution in [0.5, 0.6) is 0 Å². The first-order chi connectivity index (χ1) is 7.27. The molecule has 0 saturated carbocycles. The molecule has 1 aromatic rings. The third kappa shape index (κ3) is 2.24. The molecule has 1 aliphatic rings. The summed E-state index contributed by atoms with van der Waals surface area (Å²) in [5.74, 6) is 0.529. The summed E-state index contributed by atoms with van der Waals surface area (Å²) in [5.41, 5.74) is 3.53. The number of pyridine rings is 1. The van der Waals surface area contributed by atoms with Crippen molar-refractivity contribution in [3.8, 4) is 0 Å². The second kappa shape index (κ2) is 4.26. The summed E-state index contributed by atoms with van der Waals surface area (Å²) >= 11 is 0. The molecule has 0 amide bonds. The lowest BCUT2D eigenvalue weighted by Crippen LogP contribution is -1.94. The highest BCUT2D eigenvalue weighted by molar-refractivity contribution is 5.65.